The fourth-order valence-corrected chi connectivity index (χ4v) is 3.85. The first-order valence-corrected chi connectivity index (χ1v) is 10.7. The summed E-state index contributed by atoms with van der Waals surface area (Å²) in [5, 5.41) is 1.68. The highest BCUT2D eigenvalue weighted by Gasteiger charge is 2.29. The molecule has 4 rings (SSSR count). The van der Waals surface area contributed by atoms with Gasteiger partial charge in [0.15, 0.2) is 0 Å². The summed E-state index contributed by atoms with van der Waals surface area (Å²) in [4.78, 5) is 4.84. The van der Waals surface area contributed by atoms with Crippen molar-refractivity contribution < 1.29 is 9.47 Å². The van der Waals surface area contributed by atoms with Gasteiger partial charge in [-0.3, -0.25) is 0 Å². The Bertz CT molecular complexity index is 706. The molecular formula is C19H20Br2N2O2. The largest absolute Gasteiger partial charge is 0.493 e. The van der Waals surface area contributed by atoms with Gasteiger partial charge >= 0.3 is 0 Å². The van der Waals surface area contributed by atoms with E-state index in [2.05, 4.69) is 78.1 Å². The summed E-state index contributed by atoms with van der Waals surface area (Å²) in [6.45, 7) is 4.12. The van der Waals surface area contributed by atoms with Crippen molar-refractivity contribution in [2.24, 2.45) is 0 Å². The summed E-state index contributed by atoms with van der Waals surface area (Å²) in [5.74, 6) is 1.89. The van der Waals surface area contributed by atoms with E-state index in [0.717, 1.165) is 41.9 Å². The first-order valence-electron chi connectivity index (χ1n) is 8.42. The SMILES string of the molecule is BrCCOc1ccc2c(c1)CN1CN2Cc2cc(OCCBr)ccc21. The number of anilines is 2. The Hall–Kier alpha value is -1.40. The first kappa shape index (κ1) is 17.0. The zero-order valence-electron chi connectivity index (χ0n) is 13.9. The Morgan fingerprint density at radius 2 is 1.24 bits per heavy atom. The van der Waals surface area contributed by atoms with Crippen LogP contribution >= 0.6 is 31.9 Å². The van der Waals surface area contributed by atoms with Crippen molar-refractivity contribution in [1.29, 1.82) is 0 Å². The lowest BCUT2D eigenvalue weighted by molar-refractivity contribution is 0.344. The predicted molar refractivity (Wildman–Crippen MR) is 109 cm³/mol. The third-order valence-electron chi connectivity index (χ3n) is 4.54. The second-order valence-corrected chi connectivity index (χ2v) is 7.78. The van der Waals surface area contributed by atoms with Crippen molar-refractivity contribution in [3.8, 4) is 11.5 Å². The van der Waals surface area contributed by atoms with Crippen LogP contribution in [0.5, 0.6) is 11.5 Å². The number of hydrogen-bond acceptors (Lipinski definition) is 4. The van der Waals surface area contributed by atoms with Gasteiger partial charge in [0.25, 0.3) is 0 Å². The second kappa shape index (κ2) is 7.46. The van der Waals surface area contributed by atoms with E-state index in [-0.39, 0.29) is 0 Å². The lowest BCUT2D eigenvalue weighted by Crippen LogP contribution is -2.46. The van der Waals surface area contributed by atoms with Crippen LogP contribution < -0.4 is 19.3 Å². The lowest BCUT2D eigenvalue weighted by atomic mass is 10.0. The van der Waals surface area contributed by atoms with E-state index in [1.54, 1.807) is 0 Å². The second-order valence-electron chi connectivity index (χ2n) is 6.19. The van der Waals surface area contributed by atoms with Crippen molar-refractivity contribution in [2.75, 3.05) is 40.3 Å². The van der Waals surface area contributed by atoms with Crippen LogP contribution in [0, 0.1) is 0 Å². The molecule has 4 nitrogen and oxygen atoms in total. The molecule has 2 aromatic rings. The molecule has 2 bridgehead atoms. The van der Waals surface area contributed by atoms with E-state index in [1.165, 1.54) is 22.5 Å². The summed E-state index contributed by atoms with van der Waals surface area (Å²) in [5.41, 5.74) is 5.26. The highest BCUT2D eigenvalue weighted by Crippen LogP contribution is 2.40. The average molecular weight is 468 g/mol. The Morgan fingerprint density at radius 1 is 0.760 bits per heavy atom. The summed E-state index contributed by atoms with van der Waals surface area (Å²) in [7, 11) is 0. The van der Waals surface area contributed by atoms with Crippen LogP contribution in [0.2, 0.25) is 0 Å². The molecule has 2 aliphatic rings. The van der Waals surface area contributed by atoms with Crippen molar-refractivity contribution in [3.05, 3.63) is 47.5 Å². The molecule has 0 radical (unpaired) electrons. The van der Waals surface area contributed by atoms with Crippen molar-refractivity contribution in [1.82, 2.24) is 0 Å². The van der Waals surface area contributed by atoms with Gasteiger partial charge in [-0.2, -0.15) is 0 Å². The van der Waals surface area contributed by atoms with Crippen LogP contribution in [0.25, 0.3) is 0 Å². The maximum Gasteiger partial charge on any atom is 0.119 e. The molecule has 6 heteroatoms. The minimum Gasteiger partial charge on any atom is -0.493 e. The normalized spacial score (nSPS) is 14.8. The van der Waals surface area contributed by atoms with Gasteiger partial charge in [0, 0.05) is 35.1 Å². The number of fused-ring (bicyclic) bond motifs is 6. The molecule has 0 aromatic heterocycles. The van der Waals surface area contributed by atoms with E-state index in [1.807, 2.05) is 0 Å². The summed E-state index contributed by atoms with van der Waals surface area (Å²) >= 11 is 6.81. The fraction of sp³-hybridized carbons (Fsp3) is 0.368. The number of rotatable bonds is 6. The lowest BCUT2D eigenvalue weighted by Gasteiger charge is -2.44. The van der Waals surface area contributed by atoms with E-state index < -0.39 is 0 Å². The van der Waals surface area contributed by atoms with Gasteiger partial charge in [0.2, 0.25) is 0 Å². The molecule has 0 saturated carbocycles. The highest BCUT2D eigenvalue weighted by atomic mass is 79.9. The molecule has 2 heterocycles. The van der Waals surface area contributed by atoms with E-state index in [9.17, 15) is 0 Å². The Labute approximate surface area is 165 Å². The van der Waals surface area contributed by atoms with Gasteiger partial charge in [-0.05, 0) is 47.5 Å². The number of benzene rings is 2. The molecule has 0 atom stereocenters. The van der Waals surface area contributed by atoms with Crippen molar-refractivity contribution >= 4 is 43.2 Å². The van der Waals surface area contributed by atoms with Gasteiger partial charge in [-0.15, -0.1) is 0 Å². The molecule has 0 spiro atoms. The molecule has 0 fully saturated rings. The average Bonchev–Trinajstić information content (AvgIpc) is 2.64. The minimum absolute atomic E-state index is 0.687. The fourth-order valence-electron chi connectivity index (χ4n) is 3.53. The third kappa shape index (κ3) is 3.47. The Balaban J connectivity index is 1.59. The van der Waals surface area contributed by atoms with Crippen LogP contribution in [0.3, 0.4) is 0 Å². The zero-order valence-corrected chi connectivity index (χ0v) is 17.1. The molecule has 25 heavy (non-hydrogen) atoms. The maximum atomic E-state index is 5.76. The number of alkyl halides is 2. The monoisotopic (exact) mass is 466 g/mol. The molecule has 0 unspecified atom stereocenters. The molecule has 2 aliphatic heterocycles. The van der Waals surface area contributed by atoms with E-state index in [0.29, 0.717) is 13.2 Å². The van der Waals surface area contributed by atoms with E-state index >= 15 is 0 Å². The Kier molecular flexibility index (Phi) is 5.08. The molecule has 0 aliphatic carbocycles. The minimum atomic E-state index is 0.687. The van der Waals surface area contributed by atoms with Crippen LogP contribution in [0.15, 0.2) is 36.4 Å². The number of nitrogens with zero attached hydrogens (tertiary/aromatic N) is 2. The van der Waals surface area contributed by atoms with Crippen LogP contribution in [-0.4, -0.2) is 30.5 Å². The quantitative estimate of drug-likeness (QED) is 0.582. The topological polar surface area (TPSA) is 24.9 Å². The molecule has 2 aromatic carbocycles. The number of halogens is 2. The molecular weight excluding hydrogens is 448 g/mol. The molecule has 0 saturated heterocycles. The van der Waals surface area contributed by atoms with Crippen LogP contribution in [0.4, 0.5) is 11.4 Å². The van der Waals surface area contributed by atoms with Gasteiger partial charge in [-0.25, -0.2) is 0 Å². The Morgan fingerprint density at radius 3 is 1.68 bits per heavy atom. The van der Waals surface area contributed by atoms with Gasteiger partial charge in [0.1, 0.15) is 11.5 Å². The van der Waals surface area contributed by atoms with Crippen molar-refractivity contribution in [2.45, 2.75) is 13.1 Å². The van der Waals surface area contributed by atoms with Gasteiger partial charge < -0.3 is 19.3 Å². The molecule has 0 amide bonds. The standard InChI is InChI=1S/C19H20Br2N2O2/c20-5-7-24-16-1-3-18-14(9-16)11-23-13-22(18)12-15-10-17(25-8-6-21)2-4-19(15)23/h1-4,9-10H,5-8,11-13H2. The van der Waals surface area contributed by atoms with E-state index in [4.69, 9.17) is 9.47 Å². The smallest absolute Gasteiger partial charge is 0.119 e. The summed E-state index contributed by atoms with van der Waals surface area (Å²) in [6.07, 6.45) is 0. The number of ether oxygens (including phenoxy) is 2. The first-order chi connectivity index (χ1) is 12.3. The highest BCUT2D eigenvalue weighted by molar-refractivity contribution is 9.09. The molecule has 0 N–H and O–H groups in total. The maximum absolute atomic E-state index is 5.76. The number of hydrogen-bond donors (Lipinski definition) is 0. The van der Waals surface area contributed by atoms with Crippen LogP contribution in [0.1, 0.15) is 11.1 Å². The zero-order chi connectivity index (χ0) is 17.2. The van der Waals surface area contributed by atoms with Gasteiger partial charge in [-0.1, -0.05) is 31.9 Å². The van der Waals surface area contributed by atoms with Crippen LogP contribution in [-0.2, 0) is 13.1 Å². The van der Waals surface area contributed by atoms with Crippen molar-refractivity contribution in [3.63, 3.8) is 0 Å². The summed E-state index contributed by atoms with van der Waals surface area (Å²) in [6, 6.07) is 12.9. The summed E-state index contributed by atoms with van der Waals surface area (Å²) < 4.78 is 11.5. The predicted octanol–water partition coefficient (Wildman–Crippen LogP) is 4.53. The third-order valence-corrected chi connectivity index (χ3v) is 5.19. The molecule has 132 valence electrons. The van der Waals surface area contributed by atoms with Gasteiger partial charge in [0.05, 0.1) is 19.9 Å².